The fourth-order valence-electron chi connectivity index (χ4n) is 4.71. The lowest BCUT2D eigenvalue weighted by Gasteiger charge is -2.35. The number of rotatable bonds is 12. The molecule has 0 fully saturated rings. The highest BCUT2D eigenvalue weighted by atomic mass is 32.2. The second kappa shape index (κ2) is 14.4. The van der Waals surface area contributed by atoms with Crippen LogP contribution < -0.4 is 14.4 Å². The molecule has 0 unspecified atom stereocenters. The summed E-state index contributed by atoms with van der Waals surface area (Å²) in [5.41, 5.74) is 1.06. The monoisotopic (exact) mass is 631 g/mol. The van der Waals surface area contributed by atoms with Crippen LogP contribution in [0.25, 0.3) is 0 Å². The summed E-state index contributed by atoms with van der Waals surface area (Å²) in [5, 5.41) is 2.97. The van der Waals surface area contributed by atoms with Crippen LogP contribution in [-0.4, -0.2) is 49.5 Å². The Kier molecular flexibility index (Phi) is 10.6. The van der Waals surface area contributed by atoms with Crippen molar-refractivity contribution in [2.24, 2.45) is 0 Å². The number of anilines is 1. The maximum Gasteiger partial charge on any atom is 0.244 e. The summed E-state index contributed by atoms with van der Waals surface area (Å²) in [5.74, 6) is -0.320. The molecule has 0 radical (unpaired) electrons. The fraction of sp³-hybridized carbons (Fsp3) is 0.257. The number of carbonyl (C=O) groups is 2. The number of sulfonamides is 1. The molecule has 0 aliphatic carbocycles. The lowest BCUT2D eigenvalue weighted by molar-refractivity contribution is -0.140. The minimum atomic E-state index is -3.94. The summed E-state index contributed by atoms with van der Waals surface area (Å²) in [7, 11) is -3.94. The van der Waals surface area contributed by atoms with Crippen LogP contribution >= 0.6 is 0 Å². The van der Waals surface area contributed by atoms with Crippen LogP contribution in [0, 0.1) is 5.82 Å². The standard InChI is InChI=1S/C35H38FN3O5S/c1-35(2,3)37-34(41)32(23-26-11-7-5-8-12-26)38(24-27-15-17-28(36)18-16-27)33(40)25-39(45(4,42)43)29-19-21-31(22-20-29)44-30-13-9-6-10-14-30/h5-22,32H,23-25H2,1-4H3,(H,37,41)/t32-/m1/s1. The minimum Gasteiger partial charge on any atom is -0.457 e. The second-order valence-electron chi connectivity index (χ2n) is 11.8. The van der Waals surface area contributed by atoms with Crippen LogP contribution in [0.5, 0.6) is 11.5 Å². The van der Waals surface area contributed by atoms with Gasteiger partial charge in [0.1, 0.15) is 29.9 Å². The Hall–Kier alpha value is -4.70. The molecule has 0 aliphatic heterocycles. The van der Waals surface area contributed by atoms with E-state index in [1.165, 1.54) is 29.2 Å². The highest BCUT2D eigenvalue weighted by molar-refractivity contribution is 7.92. The molecule has 10 heteroatoms. The van der Waals surface area contributed by atoms with Gasteiger partial charge >= 0.3 is 0 Å². The molecule has 0 heterocycles. The lowest BCUT2D eigenvalue weighted by Crippen LogP contribution is -2.56. The third-order valence-electron chi connectivity index (χ3n) is 6.82. The third-order valence-corrected chi connectivity index (χ3v) is 7.96. The summed E-state index contributed by atoms with van der Waals surface area (Å²) in [4.78, 5) is 29.3. The molecule has 0 saturated carbocycles. The Morgan fingerprint density at radius 3 is 1.91 bits per heavy atom. The van der Waals surface area contributed by atoms with Gasteiger partial charge in [0.2, 0.25) is 21.8 Å². The normalized spacial score (nSPS) is 12.2. The smallest absolute Gasteiger partial charge is 0.244 e. The molecule has 0 saturated heterocycles. The zero-order valence-corrected chi connectivity index (χ0v) is 26.6. The Morgan fingerprint density at radius 1 is 0.800 bits per heavy atom. The zero-order valence-electron chi connectivity index (χ0n) is 25.8. The number of para-hydroxylation sites is 1. The number of hydrogen-bond donors (Lipinski definition) is 1. The first-order chi connectivity index (χ1) is 21.3. The van der Waals surface area contributed by atoms with Crippen LogP contribution in [0.2, 0.25) is 0 Å². The average molecular weight is 632 g/mol. The summed E-state index contributed by atoms with van der Waals surface area (Å²) in [6.45, 7) is 4.91. The Bertz CT molecular complexity index is 1680. The first-order valence-corrected chi connectivity index (χ1v) is 16.3. The number of ether oxygens (including phenoxy) is 1. The summed E-state index contributed by atoms with van der Waals surface area (Å²) >= 11 is 0. The van der Waals surface area contributed by atoms with Gasteiger partial charge in [-0.05, 0) is 80.4 Å². The predicted molar refractivity (Wildman–Crippen MR) is 174 cm³/mol. The second-order valence-corrected chi connectivity index (χ2v) is 13.7. The van der Waals surface area contributed by atoms with E-state index in [0.29, 0.717) is 17.1 Å². The molecule has 0 bridgehead atoms. The molecule has 2 amide bonds. The Morgan fingerprint density at radius 2 is 1.36 bits per heavy atom. The molecular weight excluding hydrogens is 593 g/mol. The van der Waals surface area contributed by atoms with Crippen molar-refractivity contribution >= 4 is 27.5 Å². The van der Waals surface area contributed by atoms with E-state index in [9.17, 15) is 22.4 Å². The van der Waals surface area contributed by atoms with Gasteiger partial charge in [-0.1, -0.05) is 60.7 Å². The number of nitrogens with one attached hydrogen (secondary N) is 1. The van der Waals surface area contributed by atoms with Crippen molar-refractivity contribution in [3.63, 3.8) is 0 Å². The van der Waals surface area contributed by atoms with Crippen molar-refractivity contribution in [2.75, 3.05) is 17.1 Å². The van der Waals surface area contributed by atoms with E-state index < -0.39 is 45.8 Å². The highest BCUT2D eigenvalue weighted by Gasteiger charge is 2.34. The molecule has 4 aromatic carbocycles. The molecule has 45 heavy (non-hydrogen) atoms. The predicted octanol–water partition coefficient (Wildman–Crippen LogP) is 5.94. The van der Waals surface area contributed by atoms with Gasteiger partial charge < -0.3 is 15.0 Å². The first-order valence-electron chi connectivity index (χ1n) is 14.5. The van der Waals surface area contributed by atoms with Gasteiger partial charge in [-0.2, -0.15) is 0 Å². The van der Waals surface area contributed by atoms with Gasteiger partial charge in [-0.3, -0.25) is 13.9 Å². The van der Waals surface area contributed by atoms with Gasteiger partial charge in [0.25, 0.3) is 0 Å². The van der Waals surface area contributed by atoms with Gasteiger partial charge in [0.15, 0.2) is 0 Å². The summed E-state index contributed by atoms with van der Waals surface area (Å²) in [6.07, 6.45) is 1.20. The van der Waals surface area contributed by atoms with E-state index in [-0.39, 0.29) is 18.7 Å². The fourth-order valence-corrected chi connectivity index (χ4v) is 5.56. The van der Waals surface area contributed by atoms with Gasteiger partial charge in [-0.25, -0.2) is 12.8 Å². The highest BCUT2D eigenvalue weighted by Crippen LogP contribution is 2.26. The first kappa shape index (κ1) is 33.2. The van der Waals surface area contributed by atoms with Crippen LogP contribution in [0.4, 0.5) is 10.1 Å². The van der Waals surface area contributed by atoms with Gasteiger partial charge in [0, 0.05) is 18.5 Å². The number of amides is 2. The number of carbonyl (C=O) groups excluding carboxylic acids is 2. The zero-order chi connectivity index (χ0) is 32.6. The minimum absolute atomic E-state index is 0.0460. The van der Waals surface area contributed by atoms with Crippen molar-refractivity contribution in [3.8, 4) is 11.5 Å². The molecule has 0 spiro atoms. The summed E-state index contributed by atoms with van der Waals surface area (Å²) < 4.78 is 46.7. The number of halogens is 1. The third kappa shape index (κ3) is 9.90. The van der Waals surface area contributed by atoms with E-state index >= 15 is 0 Å². The maximum absolute atomic E-state index is 14.2. The van der Waals surface area contributed by atoms with Crippen LogP contribution in [0.1, 0.15) is 31.9 Å². The maximum atomic E-state index is 14.2. The molecule has 1 atom stereocenters. The van der Waals surface area contributed by atoms with Crippen molar-refractivity contribution in [1.82, 2.24) is 10.2 Å². The molecular formula is C35H38FN3O5S. The summed E-state index contributed by atoms with van der Waals surface area (Å²) in [6, 6.07) is 29.4. The Balaban J connectivity index is 1.68. The molecule has 4 rings (SSSR count). The molecule has 4 aromatic rings. The SMILES string of the molecule is CC(C)(C)NC(=O)[C@@H](Cc1ccccc1)N(Cc1ccc(F)cc1)C(=O)CN(c1ccc(Oc2ccccc2)cc1)S(C)(=O)=O. The van der Waals surface area contributed by atoms with Gasteiger partial charge in [0.05, 0.1) is 11.9 Å². The van der Waals surface area contributed by atoms with Crippen molar-refractivity contribution < 1.29 is 27.1 Å². The molecule has 1 N–H and O–H groups in total. The van der Waals surface area contributed by atoms with Crippen LogP contribution in [0.3, 0.4) is 0 Å². The average Bonchev–Trinajstić information content (AvgIpc) is 2.98. The molecule has 0 aliphatic rings. The van der Waals surface area contributed by atoms with Crippen molar-refractivity contribution in [1.29, 1.82) is 0 Å². The topological polar surface area (TPSA) is 96.0 Å². The molecule has 0 aromatic heterocycles. The number of benzene rings is 4. The van der Waals surface area contributed by atoms with Gasteiger partial charge in [-0.15, -0.1) is 0 Å². The lowest BCUT2D eigenvalue weighted by atomic mass is 10.0. The van der Waals surface area contributed by atoms with Crippen molar-refractivity contribution in [3.05, 3.63) is 126 Å². The molecule has 8 nitrogen and oxygen atoms in total. The number of nitrogens with zero attached hydrogens (tertiary/aromatic N) is 2. The molecule has 236 valence electrons. The van der Waals surface area contributed by atoms with E-state index in [4.69, 9.17) is 4.74 Å². The van der Waals surface area contributed by atoms with E-state index in [2.05, 4.69) is 5.32 Å². The number of hydrogen-bond acceptors (Lipinski definition) is 5. The van der Waals surface area contributed by atoms with E-state index in [0.717, 1.165) is 16.1 Å². The van der Waals surface area contributed by atoms with Crippen LogP contribution in [-0.2, 0) is 32.6 Å². The Labute approximate surface area is 264 Å². The van der Waals surface area contributed by atoms with E-state index in [1.54, 1.807) is 36.4 Å². The van der Waals surface area contributed by atoms with Crippen molar-refractivity contribution in [2.45, 2.75) is 45.3 Å². The largest absolute Gasteiger partial charge is 0.457 e. The van der Waals surface area contributed by atoms with Crippen LogP contribution in [0.15, 0.2) is 109 Å². The quantitative estimate of drug-likeness (QED) is 0.209. The van der Waals surface area contributed by atoms with E-state index in [1.807, 2.05) is 69.3 Å².